The van der Waals surface area contributed by atoms with E-state index in [0.29, 0.717) is 0 Å². The first-order chi connectivity index (χ1) is 22.8. The highest BCUT2D eigenvalue weighted by Gasteiger charge is 2.24. The molecule has 0 amide bonds. The molecule has 5 aromatic carbocycles. The molecule has 3 heterocycles. The van der Waals surface area contributed by atoms with Crippen LogP contribution in [0.3, 0.4) is 0 Å². The van der Waals surface area contributed by atoms with Crippen LogP contribution in [0.4, 0.5) is 11.4 Å². The zero-order chi connectivity index (χ0) is 30.2. The van der Waals surface area contributed by atoms with Gasteiger partial charge in [0.1, 0.15) is 11.2 Å². The number of aromatic nitrogens is 1. The molecule has 0 bridgehead atoms. The Morgan fingerprint density at radius 3 is 2.28 bits per heavy atom. The van der Waals surface area contributed by atoms with Crippen LogP contribution in [0.1, 0.15) is 29.7 Å². The van der Waals surface area contributed by atoms with Gasteiger partial charge in [0.2, 0.25) is 0 Å². The molecule has 8 aromatic rings. The predicted molar refractivity (Wildman–Crippen MR) is 195 cm³/mol. The van der Waals surface area contributed by atoms with Crippen molar-refractivity contribution in [3.63, 3.8) is 0 Å². The fourth-order valence-electron chi connectivity index (χ4n) is 7.68. The van der Waals surface area contributed by atoms with Crippen molar-refractivity contribution >= 4 is 84.3 Å². The van der Waals surface area contributed by atoms with E-state index in [0.717, 1.165) is 59.0 Å². The standard InChI is InChI=1S/C42H30N2OS/c1-2-11-27(12-3-1)44-36-17-7-4-13-30(36)31-23-21-28(25-38(31)44)43(29-22-24-33-32-14-5-8-19-39(32)45-40(33)26-29)37-18-10-16-35-34-15-6-9-20-41(34)46-42(35)37/h1-5,7-9,11-14,16-17,19-26H,6,10,15,18H2. The number of furan rings is 1. The van der Waals surface area contributed by atoms with Crippen molar-refractivity contribution in [1.82, 2.24) is 4.57 Å². The Hall–Kier alpha value is -5.32. The minimum absolute atomic E-state index is 0.916. The number of para-hydroxylation sites is 3. The van der Waals surface area contributed by atoms with Crippen LogP contribution in [-0.4, -0.2) is 4.57 Å². The minimum Gasteiger partial charge on any atom is -0.456 e. The molecule has 0 fully saturated rings. The van der Waals surface area contributed by atoms with Gasteiger partial charge in [-0.2, -0.15) is 0 Å². The average Bonchev–Trinajstić information content (AvgIpc) is 3.78. The molecule has 46 heavy (non-hydrogen) atoms. The van der Waals surface area contributed by atoms with Crippen molar-refractivity contribution in [1.29, 1.82) is 0 Å². The number of anilines is 2. The molecule has 0 saturated heterocycles. The molecule has 3 aromatic heterocycles. The van der Waals surface area contributed by atoms with Gasteiger partial charge in [0.05, 0.1) is 15.6 Å². The molecular formula is C42H30N2OS. The van der Waals surface area contributed by atoms with Crippen LogP contribution in [0, 0.1) is 0 Å². The first kappa shape index (κ1) is 26.0. The maximum atomic E-state index is 6.44. The summed E-state index contributed by atoms with van der Waals surface area (Å²) >= 11 is 1.95. The number of thiophene rings is 1. The smallest absolute Gasteiger partial charge is 0.137 e. The Morgan fingerprint density at radius 2 is 1.37 bits per heavy atom. The van der Waals surface area contributed by atoms with E-state index in [-0.39, 0.29) is 0 Å². The number of hydrogen-bond acceptors (Lipinski definition) is 3. The summed E-state index contributed by atoms with van der Waals surface area (Å²) in [4.78, 5) is 3.93. The molecule has 0 radical (unpaired) electrons. The van der Waals surface area contributed by atoms with Gasteiger partial charge in [-0.3, -0.25) is 0 Å². The van der Waals surface area contributed by atoms with Crippen LogP contribution in [0.25, 0.3) is 67.3 Å². The molecule has 4 heteroatoms. The monoisotopic (exact) mass is 610 g/mol. The molecule has 2 aliphatic carbocycles. The van der Waals surface area contributed by atoms with Crippen LogP contribution in [0.5, 0.6) is 0 Å². The normalized spacial score (nSPS) is 14.2. The van der Waals surface area contributed by atoms with E-state index in [4.69, 9.17) is 4.42 Å². The summed E-state index contributed by atoms with van der Waals surface area (Å²) in [5, 5.41) is 6.28. The number of nitrogens with zero attached hydrogens (tertiary/aromatic N) is 2. The summed E-state index contributed by atoms with van der Waals surface area (Å²) < 4.78 is 10.2. The molecular weight excluding hydrogens is 581 g/mol. The molecule has 0 N–H and O–H groups in total. The van der Waals surface area contributed by atoms with Gasteiger partial charge in [-0.05, 0) is 91.1 Å². The third-order valence-electron chi connectivity index (χ3n) is 9.72. The predicted octanol–water partition coefficient (Wildman–Crippen LogP) is 10.2. The highest BCUT2D eigenvalue weighted by atomic mass is 32.1. The highest BCUT2D eigenvalue weighted by molar-refractivity contribution is 7.11. The van der Waals surface area contributed by atoms with Crippen molar-refractivity contribution in [2.45, 2.75) is 25.7 Å². The van der Waals surface area contributed by atoms with E-state index >= 15 is 0 Å². The Morgan fingerprint density at radius 1 is 0.630 bits per heavy atom. The van der Waals surface area contributed by atoms with Crippen LogP contribution < -0.4 is 14.7 Å². The molecule has 10 rings (SSSR count). The Labute approximate surface area is 270 Å². The summed E-state index contributed by atoms with van der Waals surface area (Å²) in [7, 11) is 0. The van der Waals surface area contributed by atoms with Crippen molar-refractivity contribution < 1.29 is 4.42 Å². The van der Waals surface area contributed by atoms with Gasteiger partial charge in [0.15, 0.2) is 0 Å². The third kappa shape index (κ3) is 3.83. The van der Waals surface area contributed by atoms with E-state index < -0.39 is 0 Å². The lowest BCUT2D eigenvalue weighted by Gasteiger charge is -2.29. The van der Waals surface area contributed by atoms with Crippen LogP contribution >= 0.6 is 11.3 Å². The molecule has 0 aliphatic heterocycles. The lowest BCUT2D eigenvalue weighted by Crippen LogP contribution is -2.33. The van der Waals surface area contributed by atoms with E-state index in [1.165, 1.54) is 53.4 Å². The van der Waals surface area contributed by atoms with Gasteiger partial charge in [0.25, 0.3) is 0 Å². The van der Waals surface area contributed by atoms with Gasteiger partial charge in [0, 0.05) is 55.2 Å². The maximum Gasteiger partial charge on any atom is 0.137 e. The Bertz CT molecular complexity index is 2650. The summed E-state index contributed by atoms with van der Waals surface area (Å²) in [6, 6.07) is 41.6. The minimum atomic E-state index is 0.916. The summed E-state index contributed by atoms with van der Waals surface area (Å²) in [5.41, 5.74) is 10.6. The van der Waals surface area contributed by atoms with Crippen LogP contribution in [0.2, 0.25) is 0 Å². The number of rotatable bonds is 4. The zero-order valence-electron chi connectivity index (χ0n) is 25.2. The molecule has 0 unspecified atom stereocenters. The van der Waals surface area contributed by atoms with Gasteiger partial charge < -0.3 is 13.9 Å². The fourth-order valence-corrected chi connectivity index (χ4v) is 9.03. The SMILES string of the molecule is C1=Cc2sc3c(c2CC1)=CCCC=3N(c1ccc2c(c1)oc1ccccc12)c1ccc2c3ccccc3n(-c3ccccc3)c2c1. The van der Waals surface area contributed by atoms with Crippen molar-refractivity contribution in [3.8, 4) is 5.69 Å². The van der Waals surface area contributed by atoms with Crippen molar-refractivity contribution in [2.24, 2.45) is 0 Å². The van der Waals surface area contributed by atoms with Crippen molar-refractivity contribution in [3.05, 3.63) is 142 Å². The second-order valence-electron chi connectivity index (χ2n) is 12.3. The Balaban J connectivity index is 1.27. The van der Waals surface area contributed by atoms with Crippen LogP contribution in [-0.2, 0) is 6.42 Å². The molecule has 0 atom stereocenters. The largest absolute Gasteiger partial charge is 0.456 e. The highest BCUT2D eigenvalue weighted by Crippen LogP contribution is 2.41. The number of benzene rings is 5. The fraction of sp³-hybridized carbons (Fsp3) is 0.0952. The van der Waals surface area contributed by atoms with E-state index in [1.54, 1.807) is 0 Å². The summed E-state index contributed by atoms with van der Waals surface area (Å²) in [5.74, 6) is 0. The topological polar surface area (TPSA) is 21.3 Å². The molecule has 0 spiro atoms. The van der Waals surface area contributed by atoms with Gasteiger partial charge in [-0.15, -0.1) is 11.3 Å². The third-order valence-corrected chi connectivity index (χ3v) is 11.0. The Kier molecular flexibility index (Phi) is 5.70. The number of fused-ring (bicyclic) bond motifs is 9. The van der Waals surface area contributed by atoms with Crippen LogP contribution in [0.15, 0.2) is 126 Å². The van der Waals surface area contributed by atoms with Gasteiger partial charge >= 0.3 is 0 Å². The second-order valence-corrected chi connectivity index (χ2v) is 13.4. The number of allylic oxidation sites excluding steroid dienone is 1. The molecule has 0 saturated carbocycles. The van der Waals surface area contributed by atoms with E-state index in [2.05, 4.69) is 137 Å². The van der Waals surface area contributed by atoms with Gasteiger partial charge in [-0.1, -0.05) is 72.8 Å². The first-order valence-corrected chi connectivity index (χ1v) is 17.0. The molecule has 220 valence electrons. The maximum absolute atomic E-state index is 6.44. The second kappa shape index (κ2) is 10.1. The molecule has 3 nitrogen and oxygen atoms in total. The quantitative estimate of drug-likeness (QED) is 0.198. The molecule has 2 aliphatic rings. The number of hydrogen-bond donors (Lipinski definition) is 0. The van der Waals surface area contributed by atoms with Crippen molar-refractivity contribution in [2.75, 3.05) is 4.90 Å². The summed E-state index contributed by atoms with van der Waals surface area (Å²) in [6.45, 7) is 0. The van der Waals surface area contributed by atoms with E-state index in [9.17, 15) is 0 Å². The summed E-state index contributed by atoms with van der Waals surface area (Å²) in [6.07, 6.45) is 11.4. The van der Waals surface area contributed by atoms with Gasteiger partial charge in [-0.25, -0.2) is 0 Å². The lowest BCUT2D eigenvalue weighted by molar-refractivity contribution is 0.669. The lowest BCUT2D eigenvalue weighted by atomic mass is 9.99. The first-order valence-electron chi connectivity index (χ1n) is 16.1. The average molecular weight is 611 g/mol. The van der Waals surface area contributed by atoms with E-state index in [1.807, 2.05) is 17.4 Å². The zero-order valence-corrected chi connectivity index (χ0v) is 26.1.